The summed E-state index contributed by atoms with van der Waals surface area (Å²) in [5.74, 6) is 1.37. The van der Waals surface area contributed by atoms with Gasteiger partial charge in [-0.05, 0) is 44.0 Å². The molecule has 0 radical (unpaired) electrons. The molecule has 1 heterocycles. The highest BCUT2D eigenvalue weighted by Crippen LogP contribution is 2.33. The third-order valence-electron chi connectivity index (χ3n) is 5.39. The van der Waals surface area contributed by atoms with Gasteiger partial charge < -0.3 is 19.3 Å². The van der Waals surface area contributed by atoms with Gasteiger partial charge in [-0.15, -0.1) is 0 Å². The molecule has 154 valence electrons. The van der Waals surface area contributed by atoms with Crippen LogP contribution in [0, 0.1) is 0 Å². The van der Waals surface area contributed by atoms with E-state index in [1.807, 2.05) is 55.5 Å². The number of hydrogen-bond donors (Lipinski definition) is 0. The highest BCUT2D eigenvalue weighted by molar-refractivity contribution is 6.00. The van der Waals surface area contributed by atoms with E-state index in [1.54, 1.807) is 30.9 Å². The number of carbonyl (C=O) groups is 2. The molecule has 0 N–H and O–H groups in total. The Morgan fingerprint density at radius 3 is 2.66 bits per heavy atom. The first-order chi connectivity index (χ1) is 13.9. The fourth-order valence-electron chi connectivity index (χ4n) is 3.55. The average Bonchev–Trinajstić information content (AvgIpc) is 2.73. The number of carbonyl (C=O) groups excluding carboxylic acids is 2. The predicted octanol–water partition coefficient (Wildman–Crippen LogP) is 3.29. The number of likely N-dealkylation sites (N-methyl/N-ethyl adjacent to an activating group) is 1. The molecule has 0 aromatic heterocycles. The third-order valence-corrected chi connectivity index (χ3v) is 5.39. The van der Waals surface area contributed by atoms with E-state index in [0.29, 0.717) is 24.4 Å². The van der Waals surface area contributed by atoms with Crippen LogP contribution in [0.25, 0.3) is 0 Å². The molecule has 2 amide bonds. The molecule has 1 aliphatic heterocycles. The van der Waals surface area contributed by atoms with Crippen LogP contribution in [-0.2, 0) is 16.0 Å². The van der Waals surface area contributed by atoms with Crippen LogP contribution in [0.3, 0.4) is 0 Å². The molecule has 6 nitrogen and oxygen atoms in total. The molecular weight excluding hydrogens is 368 g/mol. The second-order valence-electron chi connectivity index (χ2n) is 7.34. The lowest BCUT2D eigenvalue weighted by atomic mass is 10.0. The largest absolute Gasteiger partial charge is 0.496 e. The molecule has 1 aliphatic rings. The summed E-state index contributed by atoms with van der Waals surface area (Å²) in [6.07, 6.45) is 0.393. The quantitative estimate of drug-likeness (QED) is 0.721. The molecule has 2 aromatic rings. The summed E-state index contributed by atoms with van der Waals surface area (Å²) in [4.78, 5) is 28.8. The van der Waals surface area contributed by atoms with E-state index in [0.717, 1.165) is 11.3 Å². The number of rotatable bonds is 7. The van der Waals surface area contributed by atoms with Gasteiger partial charge in [-0.2, -0.15) is 0 Å². The smallest absolute Gasteiger partial charge is 0.267 e. The number of hydrogen-bond acceptors (Lipinski definition) is 4. The Morgan fingerprint density at radius 2 is 1.90 bits per heavy atom. The fourth-order valence-corrected chi connectivity index (χ4v) is 3.55. The van der Waals surface area contributed by atoms with Crippen molar-refractivity contribution < 1.29 is 19.1 Å². The van der Waals surface area contributed by atoms with Crippen molar-refractivity contribution in [1.82, 2.24) is 4.90 Å². The average molecular weight is 396 g/mol. The zero-order valence-corrected chi connectivity index (χ0v) is 17.4. The number of ether oxygens (including phenoxy) is 2. The van der Waals surface area contributed by atoms with Gasteiger partial charge in [-0.3, -0.25) is 9.59 Å². The molecular formula is C23H28N2O4. The maximum Gasteiger partial charge on any atom is 0.267 e. The van der Waals surface area contributed by atoms with Gasteiger partial charge in [0.05, 0.1) is 12.8 Å². The Balaban J connectivity index is 1.63. The molecule has 2 atom stereocenters. The van der Waals surface area contributed by atoms with E-state index in [9.17, 15) is 9.59 Å². The zero-order valence-electron chi connectivity index (χ0n) is 17.4. The summed E-state index contributed by atoms with van der Waals surface area (Å²) < 4.78 is 11.1. The van der Waals surface area contributed by atoms with E-state index in [2.05, 4.69) is 0 Å². The van der Waals surface area contributed by atoms with Gasteiger partial charge in [0.1, 0.15) is 11.5 Å². The van der Waals surface area contributed by atoms with Crippen molar-refractivity contribution in [3.8, 4) is 11.5 Å². The Bertz CT molecular complexity index is 883. The first-order valence-corrected chi connectivity index (χ1v) is 9.87. The SMILES string of the molecule is COc1ccccc1C[C@@H](C)N(C)C(=O)CCN1C(=O)[C@@H](C)Oc2ccccc21. The van der Waals surface area contributed by atoms with Crippen LogP contribution in [0.5, 0.6) is 11.5 Å². The van der Waals surface area contributed by atoms with Crippen molar-refractivity contribution in [3.05, 3.63) is 54.1 Å². The van der Waals surface area contributed by atoms with Crippen molar-refractivity contribution in [3.63, 3.8) is 0 Å². The molecule has 0 saturated heterocycles. The Morgan fingerprint density at radius 1 is 1.21 bits per heavy atom. The van der Waals surface area contributed by atoms with Crippen molar-refractivity contribution in [2.75, 3.05) is 25.6 Å². The second kappa shape index (κ2) is 8.99. The fraction of sp³-hybridized carbons (Fsp3) is 0.391. The number of nitrogens with zero attached hydrogens (tertiary/aromatic N) is 2. The first-order valence-electron chi connectivity index (χ1n) is 9.87. The molecule has 3 rings (SSSR count). The first kappa shape index (κ1) is 20.7. The number of para-hydroxylation sites is 3. The van der Waals surface area contributed by atoms with Crippen LogP contribution in [0.2, 0.25) is 0 Å². The minimum atomic E-state index is -0.554. The third kappa shape index (κ3) is 4.53. The van der Waals surface area contributed by atoms with Crippen LogP contribution in [0.15, 0.2) is 48.5 Å². The molecule has 0 unspecified atom stereocenters. The Kier molecular flexibility index (Phi) is 6.42. The van der Waals surface area contributed by atoms with E-state index >= 15 is 0 Å². The number of methoxy groups -OCH3 is 1. The van der Waals surface area contributed by atoms with Gasteiger partial charge in [0.2, 0.25) is 5.91 Å². The molecule has 0 saturated carbocycles. The van der Waals surface area contributed by atoms with Crippen LogP contribution in [0.4, 0.5) is 5.69 Å². The highest BCUT2D eigenvalue weighted by Gasteiger charge is 2.31. The van der Waals surface area contributed by atoms with E-state index < -0.39 is 6.10 Å². The minimum Gasteiger partial charge on any atom is -0.496 e. The van der Waals surface area contributed by atoms with Crippen LogP contribution < -0.4 is 14.4 Å². The Labute approximate surface area is 172 Å². The number of fused-ring (bicyclic) bond motifs is 1. The van der Waals surface area contributed by atoms with Gasteiger partial charge in [0, 0.05) is 26.1 Å². The van der Waals surface area contributed by atoms with E-state index in [1.165, 1.54) is 0 Å². The van der Waals surface area contributed by atoms with Crippen molar-refractivity contribution >= 4 is 17.5 Å². The van der Waals surface area contributed by atoms with Gasteiger partial charge in [0.15, 0.2) is 6.10 Å². The summed E-state index contributed by atoms with van der Waals surface area (Å²) in [5, 5.41) is 0. The Hall–Kier alpha value is -3.02. The summed E-state index contributed by atoms with van der Waals surface area (Å²) >= 11 is 0. The lowest BCUT2D eigenvalue weighted by molar-refractivity contribution is -0.131. The lowest BCUT2D eigenvalue weighted by Gasteiger charge is -2.33. The van der Waals surface area contributed by atoms with E-state index in [-0.39, 0.29) is 24.3 Å². The van der Waals surface area contributed by atoms with Crippen molar-refractivity contribution in [2.24, 2.45) is 0 Å². The van der Waals surface area contributed by atoms with Gasteiger partial charge in [-0.25, -0.2) is 0 Å². The molecule has 0 spiro atoms. The summed E-state index contributed by atoms with van der Waals surface area (Å²) in [5.41, 5.74) is 1.78. The minimum absolute atomic E-state index is 0.00294. The molecule has 0 fully saturated rings. The highest BCUT2D eigenvalue weighted by atomic mass is 16.5. The second-order valence-corrected chi connectivity index (χ2v) is 7.34. The maximum atomic E-state index is 12.8. The summed E-state index contributed by atoms with van der Waals surface area (Å²) in [6, 6.07) is 15.3. The van der Waals surface area contributed by atoms with Crippen molar-refractivity contribution in [2.45, 2.75) is 38.8 Å². The lowest BCUT2D eigenvalue weighted by Crippen LogP contribution is -2.46. The van der Waals surface area contributed by atoms with Gasteiger partial charge >= 0.3 is 0 Å². The van der Waals surface area contributed by atoms with E-state index in [4.69, 9.17) is 9.47 Å². The molecule has 0 bridgehead atoms. The molecule has 2 aromatic carbocycles. The molecule has 6 heteroatoms. The standard InChI is InChI=1S/C23H28N2O4/c1-16(15-18-9-5-7-11-20(18)28-4)24(3)22(26)13-14-25-19-10-6-8-12-21(19)29-17(2)23(25)27/h5-12,16-17H,13-15H2,1-4H3/t16-,17-/m1/s1. The number of amides is 2. The molecule has 0 aliphatic carbocycles. The summed E-state index contributed by atoms with van der Waals surface area (Å²) in [6.45, 7) is 4.07. The normalized spacial score (nSPS) is 16.6. The van der Waals surface area contributed by atoms with Crippen LogP contribution in [0.1, 0.15) is 25.8 Å². The predicted molar refractivity (Wildman–Crippen MR) is 112 cm³/mol. The van der Waals surface area contributed by atoms with Crippen LogP contribution in [-0.4, -0.2) is 49.6 Å². The van der Waals surface area contributed by atoms with Gasteiger partial charge in [0.25, 0.3) is 5.91 Å². The number of anilines is 1. The van der Waals surface area contributed by atoms with Crippen LogP contribution >= 0.6 is 0 Å². The monoisotopic (exact) mass is 396 g/mol. The maximum absolute atomic E-state index is 12.8. The van der Waals surface area contributed by atoms with Gasteiger partial charge in [-0.1, -0.05) is 30.3 Å². The molecule has 29 heavy (non-hydrogen) atoms. The topological polar surface area (TPSA) is 59.1 Å². The van der Waals surface area contributed by atoms with Crippen molar-refractivity contribution in [1.29, 1.82) is 0 Å². The summed E-state index contributed by atoms with van der Waals surface area (Å²) in [7, 11) is 3.46. The zero-order chi connectivity index (χ0) is 21.0. The number of benzene rings is 2.